The summed E-state index contributed by atoms with van der Waals surface area (Å²) in [6.45, 7) is 4.68. The zero-order valence-electron chi connectivity index (χ0n) is 14.3. The Labute approximate surface area is 143 Å². The Balaban J connectivity index is 1.30. The van der Waals surface area contributed by atoms with E-state index in [9.17, 15) is 0 Å². The smallest absolute Gasteiger partial charge is 0.157 e. The third-order valence-corrected chi connectivity index (χ3v) is 5.01. The Morgan fingerprint density at radius 1 is 1.21 bits per heavy atom. The second kappa shape index (κ2) is 7.26. The third-order valence-electron chi connectivity index (χ3n) is 5.01. The first-order valence-electron chi connectivity index (χ1n) is 9.09. The summed E-state index contributed by atoms with van der Waals surface area (Å²) in [5.41, 5.74) is 3.74. The molecule has 130 valence electrons. The molecule has 1 unspecified atom stereocenters. The molecule has 1 saturated heterocycles. The van der Waals surface area contributed by atoms with Crippen LogP contribution in [0.1, 0.15) is 48.3 Å². The second-order valence-electron chi connectivity index (χ2n) is 6.91. The highest BCUT2D eigenvalue weighted by Crippen LogP contribution is 2.46. The first-order chi connectivity index (χ1) is 11.8. The third kappa shape index (κ3) is 3.37. The zero-order chi connectivity index (χ0) is 16.4. The zero-order valence-corrected chi connectivity index (χ0v) is 14.3. The van der Waals surface area contributed by atoms with Gasteiger partial charge in [-0.25, -0.2) is 0 Å². The van der Waals surface area contributed by atoms with Crippen molar-refractivity contribution in [3.05, 3.63) is 41.0 Å². The van der Waals surface area contributed by atoms with Crippen LogP contribution >= 0.6 is 0 Å². The highest BCUT2D eigenvalue weighted by Gasteiger charge is 2.36. The largest absolute Gasteiger partial charge is 0.488 e. The van der Waals surface area contributed by atoms with Crippen molar-refractivity contribution in [1.29, 1.82) is 0 Å². The molecule has 2 aliphatic heterocycles. The van der Waals surface area contributed by atoms with Crippen molar-refractivity contribution in [1.82, 2.24) is 0 Å². The van der Waals surface area contributed by atoms with Gasteiger partial charge in [0.05, 0.1) is 19.8 Å². The van der Waals surface area contributed by atoms with Crippen molar-refractivity contribution in [2.24, 2.45) is 0 Å². The predicted molar refractivity (Wildman–Crippen MR) is 91.3 cm³/mol. The Bertz CT molecular complexity index is 604. The summed E-state index contributed by atoms with van der Waals surface area (Å²) in [5.74, 6) is 1.46. The topological polar surface area (TPSA) is 36.9 Å². The van der Waals surface area contributed by atoms with Gasteiger partial charge in [-0.15, -0.1) is 0 Å². The maximum absolute atomic E-state index is 6.18. The Kier molecular flexibility index (Phi) is 4.88. The molecular formula is C20H26O4. The van der Waals surface area contributed by atoms with Gasteiger partial charge >= 0.3 is 0 Å². The molecule has 0 saturated carbocycles. The van der Waals surface area contributed by atoms with E-state index >= 15 is 0 Å². The fraction of sp³-hybridized carbons (Fsp3) is 0.600. The van der Waals surface area contributed by atoms with Gasteiger partial charge in [0, 0.05) is 30.1 Å². The van der Waals surface area contributed by atoms with E-state index in [4.69, 9.17) is 18.9 Å². The molecule has 4 rings (SSSR count). The van der Waals surface area contributed by atoms with Crippen LogP contribution in [0.2, 0.25) is 0 Å². The van der Waals surface area contributed by atoms with Crippen LogP contribution in [-0.2, 0) is 20.8 Å². The van der Waals surface area contributed by atoms with Gasteiger partial charge in [-0.1, -0.05) is 29.8 Å². The van der Waals surface area contributed by atoms with Gasteiger partial charge in [-0.2, -0.15) is 0 Å². The van der Waals surface area contributed by atoms with Crippen LogP contribution in [0.5, 0.6) is 5.75 Å². The lowest BCUT2D eigenvalue weighted by Gasteiger charge is -2.22. The molecule has 1 aliphatic carbocycles. The summed E-state index contributed by atoms with van der Waals surface area (Å²) in [4.78, 5) is 0. The van der Waals surface area contributed by atoms with Crippen LogP contribution in [0, 0.1) is 6.92 Å². The minimum Gasteiger partial charge on any atom is -0.488 e. The van der Waals surface area contributed by atoms with E-state index in [1.807, 2.05) is 0 Å². The first kappa shape index (κ1) is 16.1. The standard InChI is InChI=1S/C20H26O4/c1-14-11-15(13-21-9-10-23-19-7-2-3-8-22-19)20-17(12-14)16-5-4-6-18(16)24-20/h4-5,11-12,16,18-19H,2-3,6-10,13H2,1H3/t16-,18-,19?/m1/s1. The van der Waals surface area contributed by atoms with Crippen LogP contribution in [-0.4, -0.2) is 32.2 Å². The number of aryl methyl sites for hydroxylation is 1. The summed E-state index contributed by atoms with van der Waals surface area (Å²) in [5, 5.41) is 0. The fourth-order valence-electron chi connectivity index (χ4n) is 3.85. The van der Waals surface area contributed by atoms with Gasteiger partial charge < -0.3 is 18.9 Å². The maximum atomic E-state index is 6.18. The highest BCUT2D eigenvalue weighted by atomic mass is 16.7. The lowest BCUT2D eigenvalue weighted by molar-refractivity contribution is -0.169. The van der Waals surface area contributed by atoms with Crippen LogP contribution in [0.4, 0.5) is 0 Å². The highest BCUT2D eigenvalue weighted by molar-refractivity contribution is 5.52. The van der Waals surface area contributed by atoms with Crippen molar-refractivity contribution in [2.75, 3.05) is 19.8 Å². The Hall–Kier alpha value is -1.36. The molecule has 1 aromatic rings. The number of rotatable bonds is 6. The molecule has 0 aromatic heterocycles. The van der Waals surface area contributed by atoms with E-state index in [1.54, 1.807) is 0 Å². The van der Waals surface area contributed by atoms with E-state index < -0.39 is 0 Å². The SMILES string of the molecule is Cc1cc(COCCOC2CCCCO2)c2c(c1)[C@H]1C=CC[C@H]1O2. The molecule has 0 amide bonds. The summed E-state index contributed by atoms with van der Waals surface area (Å²) in [6, 6.07) is 4.43. The van der Waals surface area contributed by atoms with Crippen molar-refractivity contribution in [2.45, 2.75) is 57.5 Å². The van der Waals surface area contributed by atoms with Crippen LogP contribution in [0.25, 0.3) is 0 Å². The van der Waals surface area contributed by atoms with Gasteiger partial charge in [0.2, 0.25) is 0 Å². The number of benzene rings is 1. The van der Waals surface area contributed by atoms with E-state index in [0.29, 0.717) is 25.7 Å². The minimum absolute atomic E-state index is 0.0416. The minimum atomic E-state index is -0.0416. The van der Waals surface area contributed by atoms with E-state index in [2.05, 4.69) is 31.2 Å². The van der Waals surface area contributed by atoms with Gasteiger partial charge in [0.25, 0.3) is 0 Å². The number of fused-ring (bicyclic) bond motifs is 3. The normalized spacial score (nSPS) is 27.8. The van der Waals surface area contributed by atoms with Crippen LogP contribution < -0.4 is 4.74 Å². The number of ether oxygens (including phenoxy) is 4. The maximum Gasteiger partial charge on any atom is 0.157 e. The lowest BCUT2D eigenvalue weighted by atomic mass is 9.95. The lowest BCUT2D eigenvalue weighted by Crippen LogP contribution is -2.23. The van der Waals surface area contributed by atoms with Crippen molar-refractivity contribution in [3.8, 4) is 5.75 Å². The molecule has 0 N–H and O–H groups in total. The molecule has 1 aromatic carbocycles. The number of hydrogen-bond acceptors (Lipinski definition) is 4. The molecule has 0 bridgehead atoms. The summed E-state index contributed by atoms with van der Waals surface area (Å²) in [7, 11) is 0. The monoisotopic (exact) mass is 330 g/mol. The Morgan fingerprint density at radius 2 is 2.17 bits per heavy atom. The molecule has 0 radical (unpaired) electrons. The molecule has 3 atom stereocenters. The van der Waals surface area contributed by atoms with Crippen molar-refractivity contribution < 1.29 is 18.9 Å². The molecule has 3 aliphatic rings. The van der Waals surface area contributed by atoms with Crippen LogP contribution in [0.15, 0.2) is 24.3 Å². The van der Waals surface area contributed by atoms with Gasteiger partial charge in [-0.05, 0) is 26.2 Å². The van der Waals surface area contributed by atoms with Crippen LogP contribution in [0.3, 0.4) is 0 Å². The van der Waals surface area contributed by atoms with Gasteiger partial charge in [-0.3, -0.25) is 0 Å². The molecule has 2 heterocycles. The molecule has 4 heteroatoms. The van der Waals surface area contributed by atoms with E-state index in [0.717, 1.165) is 37.2 Å². The van der Waals surface area contributed by atoms with Gasteiger partial charge in [0.1, 0.15) is 11.9 Å². The summed E-state index contributed by atoms with van der Waals surface area (Å²) in [6.07, 6.45) is 9.08. The van der Waals surface area contributed by atoms with E-state index in [-0.39, 0.29) is 12.4 Å². The molecule has 0 spiro atoms. The molecule has 24 heavy (non-hydrogen) atoms. The molecule has 1 fully saturated rings. The number of hydrogen-bond donors (Lipinski definition) is 0. The fourth-order valence-corrected chi connectivity index (χ4v) is 3.85. The average Bonchev–Trinajstić information content (AvgIpc) is 3.17. The summed E-state index contributed by atoms with van der Waals surface area (Å²) < 4.78 is 23.3. The first-order valence-corrected chi connectivity index (χ1v) is 9.09. The second-order valence-corrected chi connectivity index (χ2v) is 6.91. The van der Waals surface area contributed by atoms with Crippen molar-refractivity contribution in [3.63, 3.8) is 0 Å². The predicted octanol–water partition coefficient (Wildman–Crippen LogP) is 3.86. The molecule has 4 nitrogen and oxygen atoms in total. The van der Waals surface area contributed by atoms with Gasteiger partial charge in [0.15, 0.2) is 6.29 Å². The summed E-state index contributed by atoms with van der Waals surface area (Å²) >= 11 is 0. The quantitative estimate of drug-likeness (QED) is 0.586. The van der Waals surface area contributed by atoms with Crippen molar-refractivity contribution >= 4 is 0 Å². The molecular weight excluding hydrogens is 304 g/mol. The Morgan fingerprint density at radius 3 is 3.04 bits per heavy atom. The van der Waals surface area contributed by atoms with E-state index in [1.165, 1.54) is 17.5 Å². The average molecular weight is 330 g/mol.